The summed E-state index contributed by atoms with van der Waals surface area (Å²) in [6.07, 6.45) is 0.190. The summed E-state index contributed by atoms with van der Waals surface area (Å²) in [6.45, 7) is 9.35. The van der Waals surface area contributed by atoms with Crippen molar-refractivity contribution in [3.05, 3.63) is 29.8 Å². The van der Waals surface area contributed by atoms with Gasteiger partial charge in [-0.05, 0) is 31.5 Å². The van der Waals surface area contributed by atoms with Gasteiger partial charge >= 0.3 is 0 Å². The van der Waals surface area contributed by atoms with E-state index in [0.29, 0.717) is 13.1 Å². The molecule has 0 saturated carbocycles. The summed E-state index contributed by atoms with van der Waals surface area (Å²) in [5, 5.41) is 5.81. The highest BCUT2D eigenvalue weighted by molar-refractivity contribution is 5.88. The number of hydrogen-bond acceptors (Lipinski definition) is 5. The molecule has 2 N–H and O–H groups in total. The Morgan fingerprint density at radius 2 is 1.93 bits per heavy atom. The van der Waals surface area contributed by atoms with Crippen LogP contribution < -0.4 is 15.5 Å². The second-order valence-electron chi connectivity index (χ2n) is 7.39. The van der Waals surface area contributed by atoms with Gasteiger partial charge in [-0.3, -0.25) is 14.5 Å². The van der Waals surface area contributed by atoms with Crippen LogP contribution >= 0.6 is 0 Å². The molecule has 2 heterocycles. The molecule has 7 heteroatoms. The van der Waals surface area contributed by atoms with Gasteiger partial charge in [0.2, 0.25) is 11.8 Å². The Labute approximate surface area is 161 Å². The van der Waals surface area contributed by atoms with Crippen molar-refractivity contribution in [2.75, 3.05) is 44.3 Å². The molecule has 0 unspecified atom stereocenters. The van der Waals surface area contributed by atoms with Crippen molar-refractivity contribution in [1.29, 1.82) is 0 Å². The average molecular weight is 374 g/mol. The van der Waals surface area contributed by atoms with Gasteiger partial charge < -0.3 is 20.3 Å². The molecule has 1 aromatic carbocycles. The van der Waals surface area contributed by atoms with E-state index in [4.69, 9.17) is 4.74 Å². The Kier molecular flexibility index (Phi) is 6.68. The number of amides is 2. The summed E-state index contributed by atoms with van der Waals surface area (Å²) in [7, 11) is 0. The zero-order valence-corrected chi connectivity index (χ0v) is 16.2. The lowest BCUT2D eigenvalue weighted by atomic mass is 10.1. The van der Waals surface area contributed by atoms with E-state index in [1.807, 2.05) is 12.1 Å². The van der Waals surface area contributed by atoms with Crippen LogP contribution in [0.5, 0.6) is 0 Å². The number of morpholine rings is 1. The van der Waals surface area contributed by atoms with Crippen LogP contribution in [0.25, 0.3) is 0 Å². The Hall–Kier alpha value is -2.12. The molecule has 0 spiro atoms. The molecule has 1 atom stereocenters. The van der Waals surface area contributed by atoms with E-state index < -0.39 is 0 Å². The third-order valence-electron chi connectivity index (χ3n) is 5.22. The van der Waals surface area contributed by atoms with Crippen LogP contribution in [0.3, 0.4) is 0 Å². The SMILES string of the molecule is CC(C)N1CCNC(=O)[C@@H]1CC(=O)NCc1ccc(N2CCOCC2)cc1. The molecular weight excluding hydrogens is 344 g/mol. The number of rotatable bonds is 6. The predicted octanol–water partition coefficient (Wildman–Crippen LogP) is 0.738. The Morgan fingerprint density at radius 1 is 1.22 bits per heavy atom. The van der Waals surface area contributed by atoms with Crippen molar-refractivity contribution < 1.29 is 14.3 Å². The number of hydrogen-bond donors (Lipinski definition) is 2. The maximum absolute atomic E-state index is 12.4. The molecule has 0 aromatic heterocycles. The minimum atomic E-state index is -0.387. The minimum Gasteiger partial charge on any atom is -0.378 e. The third-order valence-corrected chi connectivity index (χ3v) is 5.22. The molecule has 0 bridgehead atoms. The number of ether oxygens (including phenoxy) is 1. The molecular formula is C20H30N4O3. The largest absolute Gasteiger partial charge is 0.378 e. The highest BCUT2D eigenvalue weighted by atomic mass is 16.5. The summed E-state index contributed by atoms with van der Waals surface area (Å²) in [4.78, 5) is 28.9. The van der Waals surface area contributed by atoms with Crippen molar-refractivity contribution >= 4 is 17.5 Å². The molecule has 2 aliphatic heterocycles. The summed E-state index contributed by atoms with van der Waals surface area (Å²) in [5.41, 5.74) is 2.23. The molecule has 1 aromatic rings. The first-order chi connectivity index (χ1) is 13.0. The molecule has 2 saturated heterocycles. The van der Waals surface area contributed by atoms with E-state index in [9.17, 15) is 9.59 Å². The Balaban J connectivity index is 1.50. The second kappa shape index (κ2) is 9.19. The molecule has 7 nitrogen and oxygen atoms in total. The van der Waals surface area contributed by atoms with Gasteiger partial charge in [0, 0.05) is 44.5 Å². The fraction of sp³-hybridized carbons (Fsp3) is 0.600. The molecule has 0 aliphatic carbocycles. The van der Waals surface area contributed by atoms with Gasteiger partial charge in [0.05, 0.1) is 25.7 Å². The number of carbonyl (C=O) groups is 2. The Bertz CT molecular complexity index is 641. The zero-order chi connectivity index (χ0) is 19.2. The van der Waals surface area contributed by atoms with Crippen molar-refractivity contribution in [1.82, 2.24) is 15.5 Å². The van der Waals surface area contributed by atoms with Gasteiger partial charge in [-0.25, -0.2) is 0 Å². The lowest BCUT2D eigenvalue weighted by Crippen LogP contribution is -2.58. The topological polar surface area (TPSA) is 73.9 Å². The molecule has 148 valence electrons. The van der Waals surface area contributed by atoms with Crippen LogP contribution in [0.4, 0.5) is 5.69 Å². The standard InChI is InChI=1S/C20H30N4O3/c1-15(2)24-8-7-21-20(26)18(24)13-19(25)22-14-16-3-5-17(6-4-16)23-9-11-27-12-10-23/h3-6,15,18H,7-14H2,1-2H3,(H,21,26)(H,22,25)/t18-/m0/s1. The lowest BCUT2D eigenvalue weighted by molar-refractivity contribution is -0.134. The number of nitrogens with zero attached hydrogens (tertiary/aromatic N) is 2. The van der Waals surface area contributed by atoms with Gasteiger partial charge in [-0.1, -0.05) is 12.1 Å². The van der Waals surface area contributed by atoms with Gasteiger partial charge in [0.25, 0.3) is 0 Å². The molecule has 27 heavy (non-hydrogen) atoms. The van der Waals surface area contributed by atoms with Gasteiger partial charge in [0.15, 0.2) is 0 Å². The maximum atomic E-state index is 12.4. The first-order valence-electron chi connectivity index (χ1n) is 9.76. The van der Waals surface area contributed by atoms with E-state index in [-0.39, 0.29) is 30.3 Å². The van der Waals surface area contributed by atoms with Gasteiger partial charge in [-0.2, -0.15) is 0 Å². The van der Waals surface area contributed by atoms with E-state index in [1.54, 1.807) is 0 Å². The monoisotopic (exact) mass is 374 g/mol. The van der Waals surface area contributed by atoms with Crippen LogP contribution in [0.2, 0.25) is 0 Å². The predicted molar refractivity (Wildman–Crippen MR) is 105 cm³/mol. The Morgan fingerprint density at radius 3 is 2.59 bits per heavy atom. The van der Waals surface area contributed by atoms with Crippen molar-refractivity contribution in [2.45, 2.75) is 38.9 Å². The van der Waals surface area contributed by atoms with Crippen LogP contribution in [-0.2, 0) is 20.9 Å². The normalized spacial score (nSPS) is 21.2. The molecule has 0 radical (unpaired) electrons. The van der Waals surface area contributed by atoms with Crippen LogP contribution in [-0.4, -0.2) is 68.2 Å². The zero-order valence-electron chi connectivity index (χ0n) is 16.2. The average Bonchev–Trinajstić information content (AvgIpc) is 2.69. The smallest absolute Gasteiger partial charge is 0.237 e. The number of anilines is 1. The summed E-state index contributed by atoms with van der Waals surface area (Å²) in [6, 6.07) is 8.10. The van der Waals surface area contributed by atoms with E-state index in [0.717, 1.165) is 38.4 Å². The molecule has 2 fully saturated rings. The number of nitrogens with one attached hydrogen (secondary N) is 2. The van der Waals surface area contributed by atoms with Crippen molar-refractivity contribution in [3.63, 3.8) is 0 Å². The summed E-state index contributed by atoms with van der Waals surface area (Å²) >= 11 is 0. The highest BCUT2D eigenvalue weighted by Crippen LogP contribution is 2.17. The van der Waals surface area contributed by atoms with E-state index >= 15 is 0 Å². The highest BCUT2D eigenvalue weighted by Gasteiger charge is 2.32. The first kappa shape index (κ1) is 19.6. The number of piperazine rings is 1. The number of benzene rings is 1. The summed E-state index contributed by atoms with van der Waals surface area (Å²) in [5.74, 6) is -0.153. The third kappa shape index (κ3) is 5.20. The first-order valence-corrected chi connectivity index (χ1v) is 9.76. The van der Waals surface area contributed by atoms with Gasteiger partial charge in [0.1, 0.15) is 0 Å². The van der Waals surface area contributed by atoms with Crippen LogP contribution in [0.1, 0.15) is 25.8 Å². The molecule has 3 rings (SSSR count). The molecule has 2 aliphatic rings. The fourth-order valence-corrected chi connectivity index (χ4v) is 3.66. The fourth-order valence-electron chi connectivity index (χ4n) is 3.66. The number of carbonyl (C=O) groups excluding carboxylic acids is 2. The van der Waals surface area contributed by atoms with Gasteiger partial charge in [-0.15, -0.1) is 0 Å². The van der Waals surface area contributed by atoms with Crippen molar-refractivity contribution in [2.24, 2.45) is 0 Å². The maximum Gasteiger partial charge on any atom is 0.237 e. The van der Waals surface area contributed by atoms with Crippen molar-refractivity contribution in [3.8, 4) is 0 Å². The quantitative estimate of drug-likeness (QED) is 0.768. The van der Waals surface area contributed by atoms with E-state index in [1.165, 1.54) is 5.69 Å². The molecule has 2 amide bonds. The van der Waals surface area contributed by atoms with E-state index in [2.05, 4.69) is 46.4 Å². The minimum absolute atomic E-state index is 0.0556. The van der Waals surface area contributed by atoms with Crippen LogP contribution in [0.15, 0.2) is 24.3 Å². The second-order valence-corrected chi connectivity index (χ2v) is 7.39. The summed E-state index contributed by atoms with van der Waals surface area (Å²) < 4.78 is 5.38. The van der Waals surface area contributed by atoms with Crippen LogP contribution in [0, 0.1) is 0 Å². The lowest BCUT2D eigenvalue weighted by Gasteiger charge is -2.37.